The van der Waals surface area contributed by atoms with Crippen molar-refractivity contribution in [3.8, 4) is 0 Å². The van der Waals surface area contributed by atoms with Crippen LogP contribution in [0.25, 0.3) is 0 Å². The summed E-state index contributed by atoms with van der Waals surface area (Å²) in [6, 6.07) is 6.24. The Morgan fingerprint density at radius 2 is 1.83 bits per heavy atom. The van der Waals surface area contributed by atoms with E-state index in [1.54, 1.807) is 18.2 Å². The number of halogens is 1. The Labute approximate surface area is 139 Å². The summed E-state index contributed by atoms with van der Waals surface area (Å²) in [5.74, 6) is 0.129. The molecule has 1 heterocycles. The molecule has 23 heavy (non-hydrogen) atoms. The third kappa shape index (κ3) is 3.37. The second kappa shape index (κ2) is 6.91. The minimum atomic E-state index is -0.684. The number of amides is 3. The average Bonchev–Trinajstić information content (AvgIpc) is 2.71. The smallest absolute Gasteiger partial charge is 0.323 e. The second-order valence-corrected chi connectivity index (χ2v) is 7.30. The van der Waals surface area contributed by atoms with Crippen LogP contribution in [-0.2, 0) is 4.79 Å². The van der Waals surface area contributed by atoms with Crippen LogP contribution in [-0.4, -0.2) is 34.7 Å². The predicted molar refractivity (Wildman–Crippen MR) is 87.8 cm³/mol. The van der Waals surface area contributed by atoms with Gasteiger partial charge in [0.1, 0.15) is 11.4 Å². The normalized spacial score (nSPS) is 20.7. The van der Waals surface area contributed by atoms with E-state index in [-0.39, 0.29) is 17.8 Å². The van der Waals surface area contributed by atoms with Crippen molar-refractivity contribution in [1.29, 1.82) is 0 Å². The van der Waals surface area contributed by atoms with Crippen LogP contribution in [0.15, 0.2) is 29.2 Å². The monoisotopic (exact) mass is 336 g/mol. The summed E-state index contributed by atoms with van der Waals surface area (Å²) in [6.45, 7) is 0.311. The molecule has 2 aliphatic rings. The zero-order chi connectivity index (χ0) is 16.3. The number of rotatable bonds is 4. The molecule has 1 N–H and O–H groups in total. The molecule has 0 bridgehead atoms. The molecule has 1 aromatic carbocycles. The minimum Gasteiger partial charge on any atom is -0.323 e. The molecule has 1 aliphatic heterocycles. The lowest BCUT2D eigenvalue weighted by Gasteiger charge is -2.24. The third-order valence-corrected chi connectivity index (χ3v) is 5.64. The first-order chi connectivity index (χ1) is 11.1. The molecular formula is C17H21FN2O2S. The van der Waals surface area contributed by atoms with Gasteiger partial charge in [-0.05, 0) is 25.0 Å². The maximum Gasteiger partial charge on any atom is 0.325 e. The van der Waals surface area contributed by atoms with E-state index < -0.39 is 5.54 Å². The van der Waals surface area contributed by atoms with Gasteiger partial charge >= 0.3 is 6.03 Å². The van der Waals surface area contributed by atoms with Gasteiger partial charge in [-0.15, -0.1) is 11.8 Å². The van der Waals surface area contributed by atoms with Crippen LogP contribution >= 0.6 is 11.8 Å². The summed E-state index contributed by atoms with van der Waals surface area (Å²) in [4.78, 5) is 26.8. The fourth-order valence-corrected chi connectivity index (χ4v) is 4.23. The maximum absolute atomic E-state index is 13.6. The van der Waals surface area contributed by atoms with Gasteiger partial charge in [-0.3, -0.25) is 9.69 Å². The number of thioether (sulfide) groups is 1. The zero-order valence-corrected chi connectivity index (χ0v) is 13.8. The lowest BCUT2D eigenvalue weighted by atomic mass is 9.90. The molecular weight excluding hydrogens is 315 g/mol. The highest BCUT2D eigenvalue weighted by molar-refractivity contribution is 7.99. The molecule has 3 amide bonds. The number of hydrogen-bond donors (Lipinski definition) is 1. The Bertz CT molecular complexity index is 600. The molecule has 6 heteroatoms. The van der Waals surface area contributed by atoms with Gasteiger partial charge in [0.25, 0.3) is 5.91 Å². The Hall–Kier alpha value is -1.56. The van der Waals surface area contributed by atoms with E-state index in [0.717, 1.165) is 38.5 Å². The lowest BCUT2D eigenvalue weighted by molar-refractivity contribution is -0.131. The number of carbonyl (C=O) groups is 2. The number of hydrogen-bond acceptors (Lipinski definition) is 3. The minimum absolute atomic E-state index is 0.0986. The molecule has 0 atom stereocenters. The quantitative estimate of drug-likeness (QED) is 0.675. The van der Waals surface area contributed by atoms with Gasteiger partial charge in [0.2, 0.25) is 0 Å². The number of urea groups is 1. The molecule has 0 aromatic heterocycles. The standard InChI is InChI=1S/C17H21FN2O2S/c18-13-7-3-4-8-14(13)23-12-11-20-15(21)17(19-16(20)22)9-5-1-2-6-10-17/h3-4,7-8H,1-2,5-6,9-12H2,(H,19,22). The summed E-state index contributed by atoms with van der Waals surface area (Å²) in [5, 5.41) is 2.92. The van der Waals surface area contributed by atoms with Crippen molar-refractivity contribution in [1.82, 2.24) is 10.2 Å². The molecule has 4 nitrogen and oxygen atoms in total. The van der Waals surface area contributed by atoms with Gasteiger partial charge in [-0.2, -0.15) is 0 Å². The third-order valence-electron chi connectivity index (χ3n) is 4.61. The summed E-state index contributed by atoms with van der Waals surface area (Å²) in [6.07, 6.45) is 5.65. The number of imide groups is 1. The molecule has 0 radical (unpaired) electrons. The van der Waals surface area contributed by atoms with E-state index in [4.69, 9.17) is 0 Å². The van der Waals surface area contributed by atoms with Gasteiger partial charge in [-0.1, -0.05) is 37.8 Å². The first-order valence-electron chi connectivity index (χ1n) is 8.14. The van der Waals surface area contributed by atoms with Crippen LogP contribution in [0.4, 0.5) is 9.18 Å². The molecule has 124 valence electrons. The van der Waals surface area contributed by atoms with Crippen molar-refractivity contribution in [2.45, 2.75) is 49.0 Å². The van der Waals surface area contributed by atoms with Crippen molar-refractivity contribution >= 4 is 23.7 Å². The molecule has 3 rings (SSSR count). The largest absolute Gasteiger partial charge is 0.325 e. The van der Waals surface area contributed by atoms with E-state index in [1.807, 2.05) is 0 Å². The number of nitrogens with zero attached hydrogens (tertiary/aromatic N) is 1. The topological polar surface area (TPSA) is 49.4 Å². The van der Waals surface area contributed by atoms with E-state index in [9.17, 15) is 14.0 Å². The van der Waals surface area contributed by atoms with Crippen LogP contribution in [0.2, 0.25) is 0 Å². The Balaban J connectivity index is 1.61. The maximum atomic E-state index is 13.6. The Morgan fingerprint density at radius 1 is 1.13 bits per heavy atom. The van der Waals surface area contributed by atoms with Crippen molar-refractivity contribution in [2.75, 3.05) is 12.3 Å². The first-order valence-corrected chi connectivity index (χ1v) is 9.12. The molecule has 1 aliphatic carbocycles. The molecule has 1 saturated heterocycles. The SMILES string of the molecule is O=C1NC2(CCCCCC2)C(=O)N1CCSc1ccccc1F. The van der Waals surface area contributed by atoms with Gasteiger partial charge in [0.05, 0.1) is 0 Å². The highest BCUT2D eigenvalue weighted by Crippen LogP contribution is 2.33. The highest BCUT2D eigenvalue weighted by atomic mass is 32.2. The fourth-order valence-electron chi connectivity index (χ4n) is 3.36. The van der Waals surface area contributed by atoms with Crippen molar-refractivity contribution < 1.29 is 14.0 Å². The van der Waals surface area contributed by atoms with E-state index >= 15 is 0 Å². The molecule has 0 unspecified atom stereocenters. The Kier molecular flexibility index (Phi) is 4.90. The van der Waals surface area contributed by atoms with Gasteiger partial charge < -0.3 is 5.32 Å². The zero-order valence-electron chi connectivity index (χ0n) is 13.0. The van der Waals surface area contributed by atoms with Crippen molar-refractivity contribution in [3.63, 3.8) is 0 Å². The van der Waals surface area contributed by atoms with E-state index in [2.05, 4.69) is 5.32 Å². The van der Waals surface area contributed by atoms with Gasteiger partial charge in [-0.25, -0.2) is 9.18 Å². The highest BCUT2D eigenvalue weighted by Gasteiger charge is 2.50. The molecule has 1 saturated carbocycles. The second-order valence-electron chi connectivity index (χ2n) is 6.16. The number of nitrogens with one attached hydrogen (secondary N) is 1. The van der Waals surface area contributed by atoms with Crippen LogP contribution in [0.5, 0.6) is 0 Å². The number of benzene rings is 1. The van der Waals surface area contributed by atoms with Crippen molar-refractivity contribution in [2.24, 2.45) is 0 Å². The van der Waals surface area contributed by atoms with Crippen LogP contribution < -0.4 is 5.32 Å². The van der Waals surface area contributed by atoms with Crippen LogP contribution in [0.3, 0.4) is 0 Å². The molecule has 1 spiro atoms. The summed E-state index contributed by atoms with van der Waals surface area (Å²) < 4.78 is 13.6. The summed E-state index contributed by atoms with van der Waals surface area (Å²) in [7, 11) is 0. The van der Waals surface area contributed by atoms with Crippen LogP contribution in [0, 0.1) is 5.82 Å². The first kappa shape index (κ1) is 16.3. The molecule has 2 fully saturated rings. The van der Waals surface area contributed by atoms with Gasteiger partial charge in [0.15, 0.2) is 0 Å². The lowest BCUT2D eigenvalue weighted by Crippen LogP contribution is -2.46. The average molecular weight is 336 g/mol. The van der Waals surface area contributed by atoms with Crippen LogP contribution in [0.1, 0.15) is 38.5 Å². The van der Waals surface area contributed by atoms with Crippen molar-refractivity contribution in [3.05, 3.63) is 30.1 Å². The fraction of sp³-hybridized carbons (Fsp3) is 0.529. The van der Waals surface area contributed by atoms with E-state index in [0.29, 0.717) is 17.2 Å². The summed E-state index contributed by atoms with van der Waals surface area (Å²) in [5.41, 5.74) is -0.684. The number of carbonyl (C=O) groups excluding carboxylic acids is 2. The van der Waals surface area contributed by atoms with E-state index in [1.165, 1.54) is 22.7 Å². The molecule has 1 aromatic rings. The Morgan fingerprint density at radius 3 is 2.52 bits per heavy atom. The predicted octanol–water partition coefficient (Wildman–Crippen LogP) is 3.56. The van der Waals surface area contributed by atoms with Gasteiger partial charge in [0, 0.05) is 17.2 Å². The summed E-state index contributed by atoms with van der Waals surface area (Å²) >= 11 is 1.33.